The van der Waals surface area contributed by atoms with Crippen molar-refractivity contribution in [2.75, 3.05) is 6.61 Å². The highest BCUT2D eigenvalue weighted by Gasteiger charge is 2.43. The predicted molar refractivity (Wildman–Crippen MR) is 57.1 cm³/mol. The molecule has 0 atom stereocenters. The molecule has 5 heteroatoms. The molecule has 1 aromatic rings. The van der Waals surface area contributed by atoms with Gasteiger partial charge in [-0.3, -0.25) is 4.79 Å². The predicted octanol–water partition coefficient (Wildman–Crippen LogP) is 2.46. The molecule has 0 radical (unpaired) electrons. The van der Waals surface area contributed by atoms with Crippen LogP contribution in [0.25, 0.3) is 0 Å². The zero-order valence-electron chi connectivity index (χ0n) is 9.50. The number of aldehydes is 1. The molecule has 0 unspecified atom stereocenters. The van der Waals surface area contributed by atoms with E-state index in [1.807, 2.05) is 0 Å². The van der Waals surface area contributed by atoms with Gasteiger partial charge in [0, 0.05) is 11.1 Å². The highest BCUT2D eigenvalue weighted by molar-refractivity contribution is 5.81. The van der Waals surface area contributed by atoms with Crippen LogP contribution in [0.2, 0.25) is 0 Å². The molecule has 0 heterocycles. The van der Waals surface area contributed by atoms with Crippen molar-refractivity contribution in [1.82, 2.24) is 0 Å². The lowest BCUT2D eigenvalue weighted by molar-refractivity contribution is -0.173. The molecule has 1 rings (SSSR count). The zero-order valence-corrected chi connectivity index (χ0v) is 9.50. The van der Waals surface area contributed by atoms with Crippen molar-refractivity contribution < 1.29 is 23.1 Å². The molecule has 92 valence electrons. The third-order valence-corrected chi connectivity index (χ3v) is 2.26. The average molecular weight is 242 g/mol. The molecule has 3 nitrogen and oxygen atoms in total. The van der Waals surface area contributed by atoms with Crippen LogP contribution in [-0.2, 0) is 15.5 Å². The summed E-state index contributed by atoms with van der Waals surface area (Å²) in [5.41, 5.74) is 0.0140. The molecule has 0 bridgehead atoms. The number of aryl methyl sites for hydroxylation is 1. The molecule has 0 N–H and O–H groups in total. The van der Waals surface area contributed by atoms with Crippen LogP contribution >= 0.6 is 0 Å². The van der Waals surface area contributed by atoms with Gasteiger partial charge in [-0.15, -0.1) is 0 Å². The lowest BCUT2D eigenvalue weighted by Crippen LogP contribution is -2.29. The summed E-state index contributed by atoms with van der Waals surface area (Å²) < 4.78 is 31.7. The van der Waals surface area contributed by atoms with E-state index < -0.39 is 17.5 Å². The number of benzene rings is 1. The van der Waals surface area contributed by atoms with Gasteiger partial charge in [0.1, 0.15) is 6.29 Å². The Balaban J connectivity index is 3.14. The maximum atomic E-state index is 13.7. The van der Waals surface area contributed by atoms with Crippen LogP contribution in [0.1, 0.15) is 28.4 Å². The van der Waals surface area contributed by atoms with E-state index in [-0.39, 0.29) is 17.7 Å². The summed E-state index contributed by atoms with van der Waals surface area (Å²) in [6, 6.07) is 3.61. The maximum absolute atomic E-state index is 13.7. The first kappa shape index (κ1) is 13.3. The van der Waals surface area contributed by atoms with Crippen LogP contribution in [0, 0.1) is 6.92 Å². The Kier molecular flexibility index (Phi) is 3.93. The standard InChI is InChI=1S/C12H12F2O3/c1-3-17-11(16)12(13,14)10-5-4-9(7-15)6-8(10)2/h4-7H,3H2,1-2H3. The molecule has 1 aromatic carbocycles. The van der Waals surface area contributed by atoms with Gasteiger partial charge in [-0.2, -0.15) is 8.78 Å². The molecule has 0 aliphatic rings. The van der Waals surface area contributed by atoms with Gasteiger partial charge in [-0.25, -0.2) is 4.79 Å². The summed E-state index contributed by atoms with van der Waals surface area (Å²) in [5, 5.41) is 0. The summed E-state index contributed by atoms with van der Waals surface area (Å²) in [6.07, 6.45) is 0.555. The number of hydrogen-bond acceptors (Lipinski definition) is 3. The fourth-order valence-corrected chi connectivity index (χ4v) is 1.44. The Hall–Kier alpha value is -1.78. The number of esters is 1. The first-order valence-electron chi connectivity index (χ1n) is 5.04. The van der Waals surface area contributed by atoms with Crippen LogP contribution in [-0.4, -0.2) is 18.9 Å². The topological polar surface area (TPSA) is 43.4 Å². The second kappa shape index (κ2) is 5.03. The molecule has 0 saturated carbocycles. The highest BCUT2D eigenvalue weighted by atomic mass is 19.3. The highest BCUT2D eigenvalue weighted by Crippen LogP contribution is 2.32. The minimum absolute atomic E-state index is 0.111. The number of hydrogen-bond donors (Lipinski definition) is 0. The monoisotopic (exact) mass is 242 g/mol. The Morgan fingerprint density at radius 1 is 1.47 bits per heavy atom. The Bertz CT molecular complexity index is 441. The van der Waals surface area contributed by atoms with Gasteiger partial charge in [0.25, 0.3) is 0 Å². The lowest BCUT2D eigenvalue weighted by Gasteiger charge is -2.17. The van der Waals surface area contributed by atoms with Gasteiger partial charge in [-0.1, -0.05) is 12.1 Å². The first-order valence-corrected chi connectivity index (χ1v) is 5.04. The van der Waals surface area contributed by atoms with E-state index >= 15 is 0 Å². The second-order valence-corrected chi connectivity index (χ2v) is 3.49. The van der Waals surface area contributed by atoms with E-state index in [4.69, 9.17) is 0 Å². The van der Waals surface area contributed by atoms with Crippen LogP contribution in [0.15, 0.2) is 18.2 Å². The van der Waals surface area contributed by atoms with Crippen molar-refractivity contribution in [1.29, 1.82) is 0 Å². The average Bonchev–Trinajstić information content (AvgIpc) is 2.28. The Labute approximate surface area is 97.4 Å². The van der Waals surface area contributed by atoms with Crippen LogP contribution < -0.4 is 0 Å². The molecule has 0 amide bonds. The summed E-state index contributed by atoms with van der Waals surface area (Å²) >= 11 is 0. The van der Waals surface area contributed by atoms with Crippen LogP contribution in [0.5, 0.6) is 0 Å². The molecule has 0 aromatic heterocycles. The molecular weight excluding hydrogens is 230 g/mol. The third-order valence-electron chi connectivity index (χ3n) is 2.26. The number of carbonyl (C=O) groups excluding carboxylic acids is 2. The van der Waals surface area contributed by atoms with Gasteiger partial charge in [0.2, 0.25) is 0 Å². The largest absolute Gasteiger partial charge is 0.461 e. The van der Waals surface area contributed by atoms with E-state index in [2.05, 4.69) is 4.74 Å². The van der Waals surface area contributed by atoms with Gasteiger partial charge >= 0.3 is 11.9 Å². The molecule has 0 saturated heterocycles. The van der Waals surface area contributed by atoms with Gasteiger partial charge in [0.05, 0.1) is 6.61 Å². The third kappa shape index (κ3) is 2.67. The van der Waals surface area contributed by atoms with Crippen molar-refractivity contribution in [3.05, 3.63) is 34.9 Å². The fraction of sp³-hybridized carbons (Fsp3) is 0.333. The fourth-order valence-electron chi connectivity index (χ4n) is 1.44. The molecule has 17 heavy (non-hydrogen) atoms. The van der Waals surface area contributed by atoms with Gasteiger partial charge < -0.3 is 4.74 Å². The van der Waals surface area contributed by atoms with Crippen LogP contribution in [0.4, 0.5) is 8.78 Å². The minimum atomic E-state index is -3.69. The Morgan fingerprint density at radius 3 is 2.59 bits per heavy atom. The van der Waals surface area contributed by atoms with E-state index in [0.717, 1.165) is 6.07 Å². The summed E-state index contributed by atoms with van der Waals surface area (Å²) in [5.74, 6) is -5.27. The van der Waals surface area contributed by atoms with Gasteiger partial charge in [0.15, 0.2) is 0 Å². The summed E-state index contributed by atoms with van der Waals surface area (Å²) in [7, 11) is 0. The van der Waals surface area contributed by atoms with Crippen molar-refractivity contribution in [2.24, 2.45) is 0 Å². The lowest BCUT2D eigenvalue weighted by atomic mass is 10.0. The molecule has 0 fully saturated rings. The molecule has 0 aliphatic heterocycles. The minimum Gasteiger partial charge on any atom is -0.461 e. The summed E-state index contributed by atoms with van der Waals surface area (Å²) in [4.78, 5) is 21.6. The number of carbonyl (C=O) groups is 2. The normalized spacial score (nSPS) is 11.1. The molecule has 0 aliphatic carbocycles. The van der Waals surface area contributed by atoms with Crippen LogP contribution in [0.3, 0.4) is 0 Å². The molecular formula is C12H12F2O3. The van der Waals surface area contributed by atoms with Crippen molar-refractivity contribution >= 4 is 12.3 Å². The SMILES string of the molecule is CCOC(=O)C(F)(F)c1ccc(C=O)cc1C. The maximum Gasteiger partial charge on any atom is 0.381 e. The first-order chi connectivity index (χ1) is 7.93. The second-order valence-electron chi connectivity index (χ2n) is 3.49. The summed E-state index contributed by atoms with van der Waals surface area (Å²) in [6.45, 7) is 2.76. The number of halogens is 2. The van der Waals surface area contributed by atoms with E-state index in [0.29, 0.717) is 6.29 Å². The number of ether oxygens (including phenoxy) is 1. The van der Waals surface area contributed by atoms with Crippen molar-refractivity contribution in [3.8, 4) is 0 Å². The van der Waals surface area contributed by atoms with E-state index in [1.165, 1.54) is 26.0 Å². The molecule has 0 spiro atoms. The van der Waals surface area contributed by atoms with Crippen molar-refractivity contribution in [3.63, 3.8) is 0 Å². The Morgan fingerprint density at radius 2 is 2.12 bits per heavy atom. The van der Waals surface area contributed by atoms with E-state index in [9.17, 15) is 18.4 Å². The van der Waals surface area contributed by atoms with E-state index in [1.54, 1.807) is 0 Å². The smallest absolute Gasteiger partial charge is 0.381 e. The van der Waals surface area contributed by atoms with Crippen molar-refractivity contribution in [2.45, 2.75) is 19.8 Å². The number of alkyl halides is 2. The zero-order chi connectivity index (χ0) is 13.1. The number of rotatable bonds is 4. The van der Waals surface area contributed by atoms with Gasteiger partial charge in [-0.05, 0) is 25.5 Å². The quantitative estimate of drug-likeness (QED) is 0.601.